The van der Waals surface area contributed by atoms with Crippen molar-refractivity contribution in [3.8, 4) is 0 Å². The number of hydrogen-bond donors (Lipinski definition) is 4. The molecule has 45 heavy (non-hydrogen) atoms. The van der Waals surface area contributed by atoms with Gasteiger partial charge in [0.15, 0.2) is 5.78 Å². The van der Waals surface area contributed by atoms with Gasteiger partial charge in [-0.25, -0.2) is 8.78 Å². The van der Waals surface area contributed by atoms with Crippen molar-refractivity contribution in [2.24, 2.45) is 5.73 Å². The van der Waals surface area contributed by atoms with Crippen LogP contribution in [0.5, 0.6) is 0 Å². The lowest BCUT2D eigenvalue weighted by Gasteiger charge is -2.25. The number of primary amides is 1. The summed E-state index contributed by atoms with van der Waals surface area (Å²) >= 11 is 0. The van der Waals surface area contributed by atoms with Gasteiger partial charge in [0, 0.05) is 54.5 Å². The molecule has 3 aromatic rings. The third-order valence-electron chi connectivity index (χ3n) is 7.18. The molecule has 3 rings (SSSR count). The van der Waals surface area contributed by atoms with Crippen LogP contribution in [0.15, 0.2) is 60.7 Å². The zero-order chi connectivity index (χ0) is 33.1. The number of aliphatic hydroxyl groups excluding tert-OH is 1. The van der Waals surface area contributed by atoms with E-state index in [4.69, 9.17) is 5.73 Å². The fourth-order valence-corrected chi connectivity index (χ4v) is 4.99. The molecule has 0 saturated carbocycles. The third-order valence-corrected chi connectivity index (χ3v) is 7.18. The Morgan fingerprint density at radius 2 is 1.47 bits per heavy atom. The Balaban J connectivity index is 1.87. The molecule has 5 N–H and O–H groups in total. The number of ketones is 1. The molecule has 0 bridgehead atoms. The zero-order valence-corrected chi connectivity index (χ0v) is 25.7. The molecule has 0 aliphatic carbocycles. The Hall–Kier alpha value is -4.48. The lowest BCUT2D eigenvalue weighted by atomic mass is 9.99. The van der Waals surface area contributed by atoms with Crippen LogP contribution in [0.3, 0.4) is 0 Å². The van der Waals surface area contributed by atoms with Gasteiger partial charge in [0.2, 0.25) is 5.91 Å². The van der Waals surface area contributed by atoms with Gasteiger partial charge in [-0.2, -0.15) is 0 Å². The monoisotopic (exact) mass is 622 g/mol. The van der Waals surface area contributed by atoms with Gasteiger partial charge in [0.05, 0.1) is 12.1 Å². The summed E-state index contributed by atoms with van der Waals surface area (Å²) in [5.41, 5.74) is 7.07. The van der Waals surface area contributed by atoms with Gasteiger partial charge in [0.1, 0.15) is 11.6 Å². The van der Waals surface area contributed by atoms with Crippen molar-refractivity contribution in [3.05, 3.63) is 106 Å². The highest BCUT2D eigenvalue weighted by atomic mass is 19.1. The Bertz CT molecular complexity index is 1500. The van der Waals surface area contributed by atoms with E-state index >= 15 is 0 Å². The molecule has 11 heteroatoms. The lowest BCUT2D eigenvalue weighted by molar-refractivity contribution is 0.0755. The molecule has 0 saturated heterocycles. The Morgan fingerprint density at radius 3 is 2.07 bits per heavy atom. The van der Waals surface area contributed by atoms with E-state index in [9.17, 15) is 33.1 Å². The van der Waals surface area contributed by atoms with Crippen LogP contribution < -0.4 is 16.4 Å². The molecular weight excluding hydrogens is 582 g/mol. The van der Waals surface area contributed by atoms with Crippen molar-refractivity contribution >= 4 is 23.5 Å². The first-order valence-electron chi connectivity index (χ1n) is 14.9. The maximum Gasteiger partial charge on any atom is 0.253 e. The minimum atomic E-state index is -1.23. The molecule has 0 aliphatic heterocycles. The number of amides is 3. The van der Waals surface area contributed by atoms with E-state index in [0.29, 0.717) is 38.0 Å². The molecule has 0 aliphatic rings. The summed E-state index contributed by atoms with van der Waals surface area (Å²) in [6, 6.07) is 12.8. The summed E-state index contributed by atoms with van der Waals surface area (Å²) in [7, 11) is 0. The fraction of sp³-hybridized carbons (Fsp3) is 0.353. The number of hydrogen-bond acceptors (Lipinski definition) is 6. The Kier molecular flexibility index (Phi) is 12.9. The molecule has 0 spiro atoms. The summed E-state index contributed by atoms with van der Waals surface area (Å²) in [5, 5.41) is 16.9. The van der Waals surface area contributed by atoms with Gasteiger partial charge >= 0.3 is 0 Å². The number of halogens is 2. The molecule has 0 aromatic heterocycles. The largest absolute Gasteiger partial charge is 0.390 e. The quantitative estimate of drug-likeness (QED) is 0.178. The maximum absolute atomic E-state index is 14.0. The first-order valence-corrected chi connectivity index (χ1v) is 14.9. The Morgan fingerprint density at radius 1 is 0.844 bits per heavy atom. The molecule has 240 valence electrons. The Labute approximate surface area is 261 Å². The summed E-state index contributed by atoms with van der Waals surface area (Å²) in [4.78, 5) is 52.3. The predicted octanol–water partition coefficient (Wildman–Crippen LogP) is 4.02. The van der Waals surface area contributed by atoms with Gasteiger partial charge in [0.25, 0.3) is 11.8 Å². The maximum atomic E-state index is 14.0. The second-order valence-corrected chi connectivity index (χ2v) is 11.0. The molecule has 3 amide bonds. The van der Waals surface area contributed by atoms with Gasteiger partial charge in [-0.05, 0) is 73.7 Å². The highest BCUT2D eigenvalue weighted by molar-refractivity contribution is 6.04. The van der Waals surface area contributed by atoms with Crippen molar-refractivity contribution in [1.82, 2.24) is 15.5 Å². The van der Waals surface area contributed by atoms with Gasteiger partial charge < -0.3 is 26.4 Å². The highest BCUT2D eigenvalue weighted by Crippen LogP contribution is 2.17. The fourth-order valence-electron chi connectivity index (χ4n) is 4.99. The minimum Gasteiger partial charge on any atom is -0.390 e. The van der Waals surface area contributed by atoms with E-state index in [1.54, 1.807) is 23.1 Å². The number of carbonyl (C=O) groups is 4. The number of Topliss-reactive ketones (excluding diaryl/α,β-unsaturated/α-hetero) is 1. The standard InChI is InChI=1S/C34H40F2N4O5/c1-4-9-40(10-5-2)34(45)27-16-25(32(37)43)15-26(17-27)33(44)39-30(14-23-12-28(35)18-29(36)13-23)31(42)20-38-19-22-7-6-8-24(11-22)21(3)41/h6-8,11-13,15-18,30-31,38,42H,4-5,9-10,14,19-20H2,1-3H3,(H2,37,43)(H,39,44). The number of benzene rings is 3. The van der Waals surface area contributed by atoms with E-state index in [2.05, 4.69) is 10.6 Å². The molecule has 0 fully saturated rings. The van der Waals surface area contributed by atoms with E-state index < -0.39 is 35.6 Å². The van der Waals surface area contributed by atoms with Crippen molar-refractivity contribution in [2.45, 2.75) is 58.7 Å². The van der Waals surface area contributed by atoms with Crippen LogP contribution in [0.4, 0.5) is 8.78 Å². The van der Waals surface area contributed by atoms with Crippen molar-refractivity contribution in [2.75, 3.05) is 19.6 Å². The smallest absolute Gasteiger partial charge is 0.253 e. The van der Waals surface area contributed by atoms with Crippen molar-refractivity contribution in [3.63, 3.8) is 0 Å². The number of nitrogens with one attached hydrogen (secondary N) is 2. The third kappa shape index (κ3) is 10.3. The van der Waals surface area contributed by atoms with Crippen LogP contribution >= 0.6 is 0 Å². The lowest BCUT2D eigenvalue weighted by Crippen LogP contribution is -2.48. The summed E-state index contributed by atoms with van der Waals surface area (Å²) in [6.07, 6.45) is 0.0580. The molecular formula is C34H40F2N4O5. The average molecular weight is 623 g/mol. The number of carbonyl (C=O) groups excluding carboxylic acids is 4. The second kappa shape index (κ2) is 16.6. The minimum absolute atomic E-state index is 0.0267. The zero-order valence-electron chi connectivity index (χ0n) is 25.7. The number of aliphatic hydroxyl groups is 1. The molecule has 2 atom stereocenters. The molecule has 2 unspecified atom stereocenters. The van der Waals surface area contributed by atoms with E-state index in [0.717, 1.165) is 23.8 Å². The average Bonchev–Trinajstić information content (AvgIpc) is 2.99. The van der Waals surface area contributed by atoms with Crippen molar-refractivity contribution < 1.29 is 33.1 Å². The van der Waals surface area contributed by atoms with E-state index in [1.807, 2.05) is 19.9 Å². The van der Waals surface area contributed by atoms with Gasteiger partial charge in [-0.1, -0.05) is 32.0 Å². The SMILES string of the molecule is CCCN(CCC)C(=O)c1cc(C(N)=O)cc(C(=O)NC(Cc2cc(F)cc(F)c2)C(O)CNCc2cccc(C(C)=O)c2)c1. The van der Waals surface area contributed by atoms with Crippen LogP contribution in [0.2, 0.25) is 0 Å². The van der Waals surface area contributed by atoms with Crippen LogP contribution in [0, 0.1) is 11.6 Å². The first kappa shape index (κ1) is 35.0. The molecule has 3 aromatic carbocycles. The molecule has 9 nitrogen and oxygen atoms in total. The van der Waals surface area contributed by atoms with Gasteiger partial charge in [-0.15, -0.1) is 0 Å². The number of nitrogens with two attached hydrogens (primary N) is 1. The van der Waals surface area contributed by atoms with E-state index in [1.165, 1.54) is 25.1 Å². The summed E-state index contributed by atoms with van der Waals surface area (Å²) < 4.78 is 28.0. The first-order chi connectivity index (χ1) is 21.4. The molecule has 0 radical (unpaired) electrons. The summed E-state index contributed by atoms with van der Waals surface area (Å²) in [6.45, 7) is 6.57. The molecule has 0 heterocycles. The van der Waals surface area contributed by atoms with Crippen LogP contribution in [-0.2, 0) is 13.0 Å². The number of rotatable bonds is 16. The number of nitrogens with zero attached hydrogens (tertiary/aromatic N) is 1. The predicted molar refractivity (Wildman–Crippen MR) is 167 cm³/mol. The topological polar surface area (TPSA) is 142 Å². The van der Waals surface area contributed by atoms with Crippen LogP contribution in [0.25, 0.3) is 0 Å². The van der Waals surface area contributed by atoms with E-state index in [-0.39, 0.29) is 46.9 Å². The van der Waals surface area contributed by atoms with Crippen LogP contribution in [-0.4, -0.2) is 65.3 Å². The summed E-state index contributed by atoms with van der Waals surface area (Å²) in [5.74, 6) is -3.62. The van der Waals surface area contributed by atoms with Crippen LogP contribution in [0.1, 0.15) is 86.2 Å². The highest BCUT2D eigenvalue weighted by Gasteiger charge is 2.25. The van der Waals surface area contributed by atoms with Crippen molar-refractivity contribution in [1.29, 1.82) is 0 Å². The normalized spacial score (nSPS) is 12.3. The second-order valence-electron chi connectivity index (χ2n) is 11.0. The van der Waals surface area contributed by atoms with Gasteiger partial charge in [-0.3, -0.25) is 19.2 Å².